The first kappa shape index (κ1) is 14.1. The minimum atomic E-state index is -0.392. The summed E-state index contributed by atoms with van der Waals surface area (Å²) in [5.74, 6) is -0.196. The van der Waals surface area contributed by atoms with Gasteiger partial charge < -0.3 is 10.5 Å². The van der Waals surface area contributed by atoms with Crippen LogP contribution in [0.5, 0.6) is 0 Å². The van der Waals surface area contributed by atoms with E-state index >= 15 is 0 Å². The first-order valence-corrected chi connectivity index (χ1v) is 6.16. The number of rotatable bonds is 6. The normalized spacial score (nSPS) is 16.5. The smallest absolute Gasteiger partial charge is 0.126 e. The number of nitrogens with two attached hydrogens (primary N) is 1. The zero-order chi connectivity index (χ0) is 12.9. The van der Waals surface area contributed by atoms with E-state index in [0.717, 1.165) is 6.42 Å². The molecule has 3 heteroatoms. The van der Waals surface area contributed by atoms with Gasteiger partial charge in [-0.3, -0.25) is 0 Å². The van der Waals surface area contributed by atoms with Crippen LogP contribution in [0, 0.1) is 5.82 Å². The topological polar surface area (TPSA) is 35.2 Å². The average Bonchev–Trinajstić information content (AvgIpc) is 2.32. The molecule has 0 aliphatic rings. The van der Waals surface area contributed by atoms with Crippen molar-refractivity contribution in [1.29, 1.82) is 0 Å². The van der Waals surface area contributed by atoms with Crippen molar-refractivity contribution in [2.24, 2.45) is 5.73 Å². The Morgan fingerprint density at radius 2 is 2.00 bits per heavy atom. The molecule has 0 saturated carbocycles. The third-order valence-electron chi connectivity index (χ3n) is 3.36. The molecular formula is C14H22FNO. The molecule has 0 aliphatic heterocycles. The number of halogens is 1. The van der Waals surface area contributed by atoms with Crippen molar-refractivity contribution in [1.82, 2.24) is 0 Å². The molecule has 1 aromatic rings. The summed E-state index contributed by atoms with van der Waals surface area (Å²) >= 11 is 0. The predicted molar refractivity (Wildman–Crippen MR) is 68.4 cm³/mol. The van der Waals surface area contributed by atoms with Crippen molar-refractivity contribution in [3.8, 4) is 0 Å². The summed E-state index contributed by atoms with van der Waals surface area (Å²) in [4.78, 5) is 0. The molecule has 0 aliphatic carbocycles. The van der Waals surface area contributed by atoms with Crippen LogP contribution in [0.25, 0.3) is 0 Å². The fraction of sp³-hybridized carbons (Fsp3) is 0.571. The van der Waals surface area contributed by atoms with Crippen molar-refractivity contribution in [2.75, 3.05) is 6.61 Å². The summed E-state index contributed by atoms with van der Waals surface area (Å²) in [6.45, 7) is 6.60. The molecule has 0 aromatic heterocycles. The van der Waals surface area contributed by atoms with Crippen molar-refractivity contribution >= 4 is 0 Å². The van der Waals surface area contributed by atoms with Crippen LogP contribution in [0.3, 0.4) is 0 Å². The monoisotopic (exact) mass is 239 g/mol. The van der Waals surface area contributed by atoms with E-state index < -0.39 is 5.60 Å². The van der Waals surface area contributed by atoms with E-state index in [1.807, 2.05) is 26.8 Å². The lowest BCUT2D eigenvalue weighted by Gasteiger charge is -2.34. The maximum absolute atomic E-state index is 13.5. The fourth-order valence-corrected chi connectivity index (χ4v) is 1.92. The molecule has 96 valence electrons. The van der Waals surface area contributed by atoms with E-state index in [2.05, 4.69) is 0 Å². The van der Waals surface area contributed by atoms with E-state index in [0.29, 0.717) is 18.6 Å². The highest BCUT2D eigenvalue weighted by molar-refractivity contribution is 5.19. The molecule has 2 N–H and O–H groups in total. The maximum Gasteiger partial charge on any atom is 0.126 e. The Bertz CT molecular complexity index is 356. The number of hydrogen-bond donors (Lipinski definition) is 1. The highest BCUT2D eigenvalue weighted by atomic mass is 19.1. The summed E-state index contributed by atoms with van der Waals surface area (Å²) in [6, 6.07) is 6.55. The Balaban J connectivity index is 2.77. The van der Waals surface area contributed by atoms with Gasteiger partial charge in [0.2, 0.25) is 0 Å². The summed E-state index contributed by atoms with van der Waals surface area (Å²) in [5, 5.41) is 0. The summed E-state index contributed by atoms with van der Waals surface area (Å²) < 4.78 is 19.2. The summed E-state index contributed by atoms with van der Waals surface area (Å²) in [7, 11) is 0. The van der Waals surface area contributed by atoms with Crippen molar-refractivity contribution in [2.45, 2.75) is 45.3 Å². The summed E-state index contributed by atoms with van der Waals surface area (Å²) in [6.07, 6.45) is 1.31. The third kappa shape index (κ3) is 3.51. The minimum Gasteiger partial charge on any atom is -0.374 e. The predicted octanol–water partition coefficient (Wildman–Crippen LogP) is 2.90. The maximum atomic E-state index is 13.5. The highest BCUT2D eigenvalue weighted by Gasteiger charge is 2.30. The van der Waals surface area contributed by atoms with Crippen LogP contribution in [0.15, 0.2) is 24.3 Å². The molecule has 1 rings (SSSR count). The molecular weight excluding hydrogens is 217 g/mol. The first-order chi connectivity index (χ1) is 8.03. The Hall–Kier alpha value is -0.930. The lowest BCUT2D eigenvalue weighted by atomic mass is 9.89. The van der Waals surface area contributed by atoms with Crippen LogP contribution in [-0.4, -0.2) is 18.2 Å². The van der Waals surface area contributed by atoms with Crippen LogP contribution < -0.4 is 5.73 Å². The lowest BCUT2D eigenvalue weighted by Crippen LogP contribution is -2.48. The van der Waals surface area contributed by atoms with Crippen LogP contribution in [0.1, 0.15) is 32.8 Å². The molecule has 2 nitrogen and oxygen atoms in total. The highest BCUT2D eigenvalue weighted by Crippen LogP contribution is 2.22. The second-order valence-electron chi connectivity index (χ2n) is 4.50. The third-order valence-corrected chi connectivity index (χ3v) is 3.36. The molecule has 0 fully saturated rings. The molecule has 17 heavy (non-hydrogen) atoms. The molecule has 2 atom stereocenters. The number of benzene rings is 1. The van der Waals surface area contributed by atoms with Gasteiger partial charge in [-0.05, 0) is 38.3 Å². The van der Waals surface area contributed by atoms with E-state index in [1.165, 1.54) is 6.07 Å². The second kappa shape index (κ2) is 6.12. The zero-order valence-corrected chi connectivity index (χ0v) is 10.9. The molecule has 0 saturated heterocycles. The Morgan fingerprint density at radius 1 is 1.35 bits per heavy atom. The molecule has 2 unspecified atom stereocenters. The van der Waals surface area contributed by atoms with Crippen LogP contribution in [0.4, 0.5) is 4.39 Å². The van der Waals surface area contributed by atoms with Gasteiger partial charge >= 0.3 is 0 Å². The molecule has 0 bridgehead atoms. The average molecular weight is 239 g/mol. The van der Waals surface area contributed by atoms with Gasteiger partial charge in [0.1, 0.15) is 5.82 Å². The van der Waals surface area contributed by atoms with E-state index in [-0.39, 0.29) is 11.9 Å². The zero-order valence-electron chi connectivity index (χ0n) is 10.9. The minimum absolute atomic E-state index is 0.196. The molecule has 1 aromatic carbocycles. The van der Waals surface area contributed by atoms with Crippen LogP contribution in [-0.2, 0) is 11.2 Å². The summed E-state index contributed by atoms with van der Waals surface area (Å²) in [5.41, 5.74) is 6.42. The van der Waals surface area contributed by atoms with Crippen molar-refractivity contribution in [3.63, 3.8) is 0 Å². The quantitative estimate of drug-likeness (QED) is 0.828. The molecule has 0 heterocycles. The Morgan fingerprint density at radius 3 is 2.53 bits per heavy atom. The number of ether oxygens (including phenoxy) is 1. The number of hydrogen-bond acceptors (Lipinski definition) is 2. The Labute approximate surface area is 103 Å². The molecule has 0 radical (unpaired) electrons. The van der Waals surface area contributed by atoms with Gasteiger partial charge in [-0.15, -0.1) is 0 Å². The lowest BCUT2D eigenvalue weighted by molar-refractivity contribution is -0.0462. The van der Waals surface area contributed by atoms with Gasteiger partial charge in [0.05, 0.1) is 5.60 Å². The second-order valence-corrected chi connectivity index (χ2v) is 4.50. The van der Waals surface area contributed by atoms with Gasteiger partial charge in [-0.25, -0.2) is 4.39 Å². The van der Waals surface area contributed by atoms with Gasteiger partial charge in [0, 0.05) is 12.6 Å². The molecule has 0 amide bonds. The molecule has 0 spiro atoms. The van der Waals surface area contributed by atoms with Crippen LogP contribution >= 0.6 is 0 Å². The van der Waals surface area contributed by atoms with Gasteiger partial charge in [-0.1, -0.05) is 25.1 Å². The van der Waals surface area contributed by atoms with Crippen molar-refractivity contribution in [3.05, 3.63) is 35.6 Å². The Kier molecular flexibility index (Phi) is 5.09. The largest absolute Gasteiger partial charge is 0.374 e. The van der Waals surface area contributed by atoms with E-state index in [1.54, 1.807) is 12.1 Å². The SMILES string of the molecule is CCOC(C)(CC)C(N)Cc1ccccc1F. The van der Waals surface area contributed by atoms with Gasteiger partial charge in [0.25, 0.3) is 0 Å². The standard InChI is InChI=1S/C14H22FNO/c1-4-14(3,17-5-2)13(16)10-11-8-6-7-9-12(11)15/h6-9,13H,4-5,10,16H2,1-3H3. The van der Waals surface area contributed by atoms with Crippen molar-refractivity contribution < 1.29 is 9.13 Å². The van der Waals surface area contributed by atoms with Gasteiger partial charge in [0.15, 0.2) is 0 Å². The van der Waals surface area contributed by atoms with E-state index in [9.17, 15) is 4.39 Å². The van der Waals surface area contributed by atoms with Gasteiger partial charge in [-0.2, -0.15) is 0 Å². The van der Waals surface area contributed by atoms with Crippen LogP contribution in [0.2, 0.25) is 0 Å². The first-order valence-electron chi connectivity index (χ1n) is 6.16. The fourth-order valence-electron chi connectivity index (χ4n) is 1.92. The van der Waals surface area contributed by atoms with E-state index in [4.69, 9.17) is 10.5 Å².